The first-order valence-electron chi connectivity index (χ1n) is 7.57. The molecule has 0 bridgehead atoms. The largest absolute Gasteiger partial charge is 0.346 e. The van der Waals surface area contributed by atoms with E-state index < -0.39 is 9.84 Å². The quantitative estimate of drug-likeness (QED) is 0.619. The fraction of sp³-hybridized carbons (Fsp3) is 0.176. The molecule has 0 radical (unpaired) electrons. The fourth-order valence-corrected chi connectivity index (χ4v) is 3.39. The molecule has 0 atom stereocenters. The van der Waals surface area contributed by atoms with Crippen LogP contribution >= 0.6 is 0 Å². The average Bonchev–Trinajstić information content (AvgIpc) is 3.16. The average molecular weight is 340 g/mol. The van der Waals surface area contributed by atoms with Gasteiger partial charge in [-0.1, -0.05) is 18.2 Å². The summed E-state index contributed by atoms with van der Waals surface area (Å²) < 4.78 is 25.0. The van der Waals surface area contributed by atoms with Crippen LogP contribution in [0.15, 0.2) is 48.9 Å². The molecule has 6 nitrogen and oxygen atoms in total. The van der Waals surface area contributed by atoms with E-state index in [0.717, 1.165) is 33.3 Å². The number of rotatable bonds is 4. The summed E-state index contributed by atoms with van der Waals surface area (Å²) in [6.45, 7) is 0.416. The third kappa shape index (κ3) is 2.67. The van der Waals surface area contributed by atoms with Crippen molar-refractivity contribution in [2.75, 3.05) is 12.0 Å². The molecule has 7 heteroatoms. The highest BCUT2D eigenvalue weighted by Gasteiger charge is 2.13. The number of fused-ring (bicyclic) bond motifs is 2. The van der Waals surface area contributed by atoms with Crippen molar-refractivity contribution in [3.63, 3.8) is 0 Å². The zero-order valence-corrected chi connectivity index (χ0v) is 13.9. The zero-order chi connectivity index (χ0) is 16.7. The minimum atomic E-state index is -3.02. The predicted molar refractivity (Wildman–Crippen MR) is 94.5 cm³/mol. The Kier molecular flexibility index (Phi) is 3.38. The molecule has 24 heavy (non-hydrogen) atoms. The Balaban J connectivity index is 1.85. The van der Waals surface area contributed by atoms with E-state index in [1.807, 2.05) is 47.3 Å². The maximum absolute atomic E-state index is 11.5. The van der Waals surface area contributed by atoms with Gasteiger partial charge in [0.1, 0.15) is 15.4 Å². The summed E-state index contributed by atoms with van der Waals surface area (Å²) in [6, 6.07) is 9.81. The molecule has 4 rings (SSSR count). The van der Waals surface area contributed by atoms with Gasteiger partial charge in [-0.2, -0.15) is 0 Å². The Morgan fingerprint density at radius 3 is 2.88 bits per heavy atom. The molecule has 0 unspecified atom stereocenters. The number of hydrogen-bond donors (Lipinski definition) is 1. The first-order chi connectivity index (χ1) is 11.5. The summed E-state index contributed by atoms with van der Waals surface area (Å²) >= 11 is 0. The van der Waals surface area contributed by atoms with Crippen LogP contribution in [-0.2, 0) is 16.4 Å². The van der Waals surface area contributed by atoms with Crippen LogP contribution in [0.5, 0.6) is 0 Å². The van der Waals surface area contributed by atoms with Gasteiger partial charge in [0, 0.05) is 41.7 Å². The fourth-order valence-electron chi connectivity index (χ4n) is 2.86. The van der Waals surface area contributed by atoms with Crippen molar-refractivity contribution >= 4 is 31.9 Å². The highest BCUT2D eigenvalue weighted by molar-refractivity contribution is 7.90. The first kappa shape index (κ1) is 14.9. The van der Waals surface area contributed by atoms with Gasteiger partial charge in [-0.05, 0) is 12.1 Å². The molecule has 3 heterocycles. The number of H-pyrrole nitrogens is 1. The lowest BCUT2D eigenvalue weighted by Crippen LogP contribution is -2.10. The molecule has 1 N–H and O–H groups in total. The third-order valence-electron chi connectivity index (χ3n) is 4.03. The number of benzene rings is 1. The third-order valence-corrected chi connectivity index (χ3v) is 4.95. The molecule has 0 spiro atoms. The summed E-state index contributed by atoms with van der Waals surface area (Å²) in [7, 11) is -3.02. The van der Waals surface area contributed by atoms with Crippen LogP contribution < -0.4 is 0 Å². The molecule has 3 aromatic heterocycles. The van der Waals surface area contributed by atoms with Crippen molar-refractivity contribution in [2.45, 2.75) is 6.54 Å². The standard InChI is InChI=1S/C17H16N4O2S/c1-24(22,23)9-8-21-11-13(12-4-2-3-5-16(12)21)15-10-19-17-14(20-15)6-7-18-17/h2-7,10-11H,8-9H2,1H3,(H,18,19). The molecule has 0 saturated carbocycles. The van der Waals surface area contributed by atoms with Gasteiger partial charge in [0.05, 0.1) is 17.6 Å². The molecule has 0 aliphatic rings. The van der Waals surface area contributed by atoms with Gasteiger partial charge >= 0.3 is 0 Å². The van der Waals surface area contributed by atoms with E-state index in [4.69, 9.17) is 0 Å². The second kappa shape index (κ2) is 5.45. The van der Waals surface area contributed by atoms with Crippen molar-refractivity contribution in [2.24, 2.45) is 0 Å². The second-order valence-corrected chi connectivity index (χ2v) is 8.11. The van der Waals surface area contributed by atoms with E-state index >= 15 is 0 Å². The Bertz CT molecular complexity index is 1140. The lowest BCUT2D eigenvalue weighted by Gasteiger charge is -2.03. The summed E-state index contributed by atoms with van der Waals surface area (Å²) in [5.41, 5.74) is 4.28. The molecular weight excluding hydrogens is 324 g/mol. The molecule has 0 aliphatic heterocycles. The number of aromatic nitrogens is 4. The topological polar surface area (TPSA) is 80.6 Å². The Morgan fingerprint density at radius 2 is 2.04 bits per heavy atom. The SMILES string of the molecule is CS(=O)(=O)CCn1cc(-c2cnc3[nH]ccc3n2)c2ccccc21. The van der Waals surface area contributed by atoms with Gasteiger partial charge < -0.3 is 9.55 Å². The van der Waals surface area contributed by atoms with Crippen molar-refractivity contribution in [1.82, 2.24) is 19.5 Å². The van der Waals surface area contributed by atoms with Crippen LogP contribution in [0.2, 0.25) is 0 Å². The molecule has 0 fully saturated rings. The van der Waals surface area contributed by atoms with E-state index in [9.17, 15) is 8.42 Å². The van der Waals surface area contributed by atoms with Crippen LogP contribution in [0.3, 0.4) is 0 Å². The van der Waals surface area contributed by atoms with Crippen molar-refractivity contribution in [1.29, 1.82) is 0 Å². The Morgan fingerprint density at radius 1 is 1.21 bits per heavy atom. The maximum atomic E-state index is 11.5. The van der Waals surface area contributed by atoms with Crippen LogP contribution in [0.25, 0.3) is 33.3 Å². The molecule has 1 aromatic carbocycles. The van der Waals surface area contributed by atoms with Crippen molar-refractivity contribution < 1.29 is 8.42 Å². The number of sulfone groups is 1. The van der Waals surface area contributed by atoms with Crippen LogP contribution in [0.4, 0.5) is 0 Å². The smallest absolute Gasteiger partial charge is 0.156 e. The number of aromatic amines is 1. The molecular formula is C17H16N4O2S. The van der Waals surface area contributed by atoms with E-state index in [1.54, 1.807) is 6.20 Å². The number of para-hydroxylation sites is 1. The molecule has 4 aromatic rings. The van der Waals surface area contributed by atoms with Crippen molar-refractivity contribution in [3.05, 3.63) is 48.9 Å². The second-order valence-electron chi connectivity index (χ2n) is 5.85. The van der Waals surface area contributed by atoms with Crippen molar-refractivity contribution in [3.8, 4) is 11.3 Å². The van der Waals surface area contributed by atoms with Gasteiger partial charge in [0.25, 0.3) is 0 Å². The Labute approximate surface area is 139 Å². The van der Waals surface area contributed by atoms with Crippen LogP contribution in [0.1, 0.15) is 0 Å². The normalized spacial score (nSPS) is 12.2. The van der Waals surface area contributed by atoms with Crippen LogP contribution in [0, 0.1) is 0 Å². The number of aryl methyl sites for hydroxylation is 1. The van der Waals surface area contributed by atoms with E-state index in [1.165, 1.54) is 6.26 Å². The highest BCUT2D eigenvalue weighted by Crippen LogP contribution is 2.29. The summed E-state index contributed by atoms with van der Waals surface area (Å²) in [5.74, 6) is 0.105. The zero-order valence-electron chi connectivity index (χ0n) is 13.1. The lowest BCUT2D eigenvalue weighted by atomic mass is 10.1. The van der Waals surface area contributed by atoms with E-state index in [2.05, 4.69) is 15.0 Å². The molecule has 122 valence electrons. The predicted octanol–water partition coefficient (Wildman–Crippen LogP) is 2.62. The van der Waals surface area contributed by atoms with E-state index in [0.29, 0.717) is 6.54 Å². The van der Waals surface area contributed by atoms with Gasteiger partial charge in [-0.3, -0.25) is 0 Å². The molecule has 0 saturated heterocycles. The summed E-state index contributed by atoms with van der Waals surface area (Å²) in [5, 5.41) is 1.04. The van der Waals surface area contributed by atoms with Gasteiger partial charge in [-0.25, -0.2) is 18.4 Å². The minimum Gasteiger partial charge on any atom is -0.346 e. The minimum absolute atomic E-state index is 0.105. The molecule has 0 aliphatic carbocycles. The summed E-state index contributed by atoms with van der Waals surface area (Å²) in [4.78, 5) is 12.1. The van der Waals surface area contributed by atoms with Gasteiger partial charge in [0.15, 0.2) is 5.65 Å². The lowest BCUT2D eigenvalue weighted by molar-refractivity contribution is 0.596. The van der Waals surface area contributed by atoms with E-state index in [-0.39, 0.29) is 5.75 Å². The Hall–Kier alpha value is -2.67. The number of nitrogens with one attached hydrogen (secondary N) is 1. The highest BCUT2D eigenvalue weighted by atomic mass is 32.2. The van der Waals surface area contributed by atoms with Crippen LogP contribution in [-0.4, -0.2) is 39.9 Å². The maximum Gasteiger partial charge on any atom is 0.156 e. The van der Waals surface area contributed by atoms with Gasteiger partial charge in [-0.15, -0.1) is 0 Å². The number of hydrogen-bond acceptors (Lipinski definition) is 4. The van der Waals surface area contributed by atoms with Gasteiger partial charge in [0.2, 0.25) is 0 Å². The number of nitrogens with zero attached hydrogens (tertiary/aromatic N) is 3. The molecule has 0 amide bonds. The first-order valence-corrected chi connectivity index (χ1v) is 9.63. The summed E-state index contributed by atoms with van der Waals surface area (Å²) in [6.07, 6.45) is 6.76. The monoisotopic (exact) mass is 340 g/mol.